The van der Waals surface area contributed by atoms with Crippen molar-refractivity contribution in [3.05, 3.63) is 23.8 Å². The first-order valence-corrected chi connectivity index (χ1v) is 7.43. The van der Waals surface area contributed by atoms with Crippen LogP contribution in [0.2, 0.25) is 0 Å². The highest BCUT2D eigenvalue weighted by Gasteiger charge is 2.39. The summed E-state index contributed by atoms with van der Waals surface area (Å²) >= 11 is 0. The molecule has 2 fully saturated rings. The summed E-state index contributed by atoms with van der Waals surface area (Å²) in [7, 11) is 0. The molecule has 4 rings (SSSR count). The quantitative estimate of drug-likeness (QED) is 0.894. The van der Waals surface area contributed by atoms with Crippen LogP contribution >= 0.6 is 0 Å². The van der Waals surface area contributed by atoms with Crippen molar-refractivity contribution in [2.24, 2.45) is 17.8 Å². The topological polar surface area (TPSA) is 43.8 Å². The largest absolute Gasteiger partial charge is 0.369 e. The number of nitrogens with zero attached hydrogens (tertiary/aromatic N) is 2. The van der Waals surface area contributed by atoms with Gasteiger partial charge in [-0.25, -0.2) is 4.98 Å². The maximum Gasteiger partial charge on any atom is 0.201 e. The first-order chi connectivity index (χ1) is 9.20. The van der Waals surface area contributed by atoms with Crippen LogP contribution in [0.1, 0.15) is 31.2 Å². The predicted octanol–water partition coefficient (Wildman–Crippen LogP) is 3.36. The van der Waals surface area contributed by atoms with Crippen molar-refractivity contribution in [1.29, 1.82) is 0 Å². The second-order valence-electron chi connectivity index (χ2n) is 6.51. The summed E-state index contributed by atoms with van der Waals surface area (Å²) in [5.41, 5.74) is 9.62. The Hall–Kier alpha value is -1.51. The van der Waals surface area contributed by atoms with Crippen LogP contribution in [0.4, 0.5) is 5.95 Å². The van der Waals surface area contributed by atoms with E-state index in [4.69, 9.17) is 5.73 Å². The summed E-state index contributed by atoms with van der Waals surface area (Å²) in [6, 6.07) is 6.45. The van der Waals surface area contributed by atoms with Gasteiger partial charge in [-0.1, -0.05) is 12.5 Å². The Labute approximate surface area is 113 Å². The number of hydrogen-bond donors (Lipinski definition) is 1. The zero-order chi connectivity index (χ0) is 13.0. The van der Waals surface area contributed by atoms with Gasteiger partial charge in [0, 0.05) is 6.54 Å². The Balaban J connectivity index is 1.69. The highest BCUT2D eigenvalue weighted by molar-refractivity contribution is 5.79. The van der Waals surface area contributed by atoms with Crippen LogP contribution in [0.5, 0.6) is 0 Å². The number of fused-ring (bicyclic) bond motifs is 3. The Morgan fingerprint density at radius 1 is 1.32 bits per heavy atom. The maximum atomic E-state index is 6.13. The van der Waals surface area contributed by atoms with Gasteiger partial charge in [0.2, 0.25) is 5.95 Å². The number of nitrogen functional groups attached to an aromatic ring is 1. The molecule has 2 N–H and O–H groups in total. The monoisotopic (exact) mass is 255 g/mol. The van der Waals surface area contributed by atoms with Gasteiger partial charge >= 0.3 is 0 Å². The van der Waals surface area contributed by atoms with Gasteiger partial charge < -0.3 is 10.3 Å². The van der Waals surface area contributed by atoms with Crippen LogP contribution < -0.4 is 5.73 Å². The fraction of sp³-hybridized carbons (Fsp3) is 0.562. The molecule has 2 saturated carbocycles. The van der Waals surface area contributed by atoms with Crippen molar-refractivity contribution in [3.8, 4) is 0 Å². The minimum absolute atomic E-state index is 0.684. The van der Waals surface area contributed by atoms with E-state index in [9.17, 15) is 0 Å². The Kier molecular flexibility index (Phi) is 2.38. The highest BCUT2D eigenvalue weighted by Crippen LogP contribution is 2.49. The Morgan fingerprint density at radius 2 is 2.21 bits per heavy atom. The summed E-state index contributed by atoms with van der Waals surface area (Å²) in [6.07, 6.45) is 5.74. The Morgan fingerprint density at radius 3 is 2.95 bits per heavy atom. The number of anilines is 1. The number of aromatic nitrogens is 2. The smallest absolute Gasteiger partial charge is 0.201 e. The molecule has 2 aromatic rings. The molecule has 0 amide bonds. The zero-order valence-corrected chi connectivity index (χ0v) is 11.5. The summed E-state index contributed by atoms with van der Waals surface area (Å²) < 4.78 is 2.24. The molecule has 1 aromatic carbocycles. The summed E-state index contributed by atoms with van der Waals surface area (Å²) in [5, 5.41) is 0. The van der Waals surface area contributed by atoms with Crippen molar-refractivity contribution in [2.75, 3.05) is 5.73 Å². The van der Waals surface area contributed by atoms with E-state index < -0.39 is 0 Å². The van der Waals surface area contributed by atoms with E-state index in [1.165, 1.54) is 36.8 Å². The van der Waals surface area contributed by atoms with Gasteiger partial charge in [0.1, 0.15) is 0 Å². The van der Waals surface area contributed by atoms with Gasteiger partial charge in [-0.3, -0.25) is 0 Å². The van der Waals surface area contributed by atoms with E-state index in [-0.39, 0.29) is 0 Å². The SMILES string of the molecule is Cc1ccc2c(c1)nc(N)n2CC1CC2CCC1C2. The zero-order valence-electron chi connectivity index (χ0n) is 11.5. The maximum absolute atomic E-state index is 6.13. The molecule has 0 spiro atoms. The van der Waals surface area contributed by atoms with Crippen LogP contribution in [0.25, 0.3) is 11.0 Å². The molecule has 100 valence electrons. The summed E-state index contributed by atoms with van der Waals surface area (Å²) in [5.74, 6) is 3.43. The van der Waals surface area contributed by atoms with Gasteiger partial charge in [-0.15, -0.1) is 0 Å². The third kappa shape index (κ3) is 1.75. The first-order valence-electron chi connectivity index (χ1n) is 7.43. The van der Waals surface area contributed by atoms with Crippen molar-refractivity contribution in [3.63, 3.8) is 0 Å². The summed E-state index contributed by atoms with van der Waals surface area (Å²) in [4.78, 5) is 4.52. The molecule has 2 bridgehead atoms. The van der Waals surface area contributed by atoms with Crippen LogP contribution in [-0.2, 0) is 6.54 Å². The molecule has 2 aliphatic carbocycles. The van der Waals surface area contributed by atoms with Crippen molar-refractivity contribution in [1.82, 2.24) is 9.55 Å². The molecule has 2 aliphatic rings. The lowest BCUT2D eigenvalue weighted by Crippen LogP contribution is -2.18. The van der Waals surface area contributed by atoms with Gasteiger partial charge in [0.25, 0.3) is 0 Å². The number of rotatable bonds is 2. The lowest BCUT2D eigenvalue weighted by atomic mass is 9.89. The third-order valence-corrected chi connectivity index (χ3v) is 5.23. The second kappa shape index (κ2) is 3.99. The standard InChI is InChI=1S/C16H21N3/c1-10-2-5-15-14(6-10)18-16(17)19(15)9-13-8-11-3-4-12(13)7-11/h2,5-6,11-13H,3-4,7-9H2,1H3,(H2,17,18). The molecule has 1 aromatic heterocycles. The highest BCUT2D eigenvalue weighted by atomic mass is 15.2. The van der Waals surface area contributed by atoms with Crippen LogP contribution in [0.3, 0.4) is 0 Å². The fourth-order valence-corrected chi connectivity index (χ4v) is 4.28. The molecular weight excluding hydrogens is 234 g/mol. The molecular formula is C16H21N3. The van der Waals surface area contributed by atoms with Gasteiger partial charge in [0.15, 0.2) is 0 Å². The van der Waals surface area contributed by atoms with Crippen LogP contribution in [0, 0.1) is 24.7 Å². The molecule has 1 heterocycles. The van der Waals surface area contributed by atoms with Crippen molar-refractivity contribution in [2.45, 2.75) is 39.2 Å². The molecule has 3 heteroatoms. The van der Waals surface area contributed by atoms with Crippen molar-refractivity contribution < 1.29 is 0 Å². The molecule has 19 heavy (non-hydrogen) atoms. The minimum Gasteiger partial charge on any atom is -0.369 e. The number of nitrogens with two attached hydrogens (primary N) is 1. The van der Waals surface area contributed by atoms with E-state index in [0.29, 0.717) is 5.95 Å². The third-order valence-electron chi connectivity index (χ3n) is 5.23. The lowest BCUT2D eigenvalue weighted by molar-refractivity contribution is 0.300. The first kappa shape index (κ1) is 11.3. The number of benzene rings is 1. The second-order valence-corrected chi connectivity index (χ2v) is 6.51. The van der Waals surface area contributed by atoms with E-state index in [2.05, 4.69) is 34.7 Å². The molecule has 3 unspecified atom stereocenters. The minimum atomic E-state index is 0.684. The van der Waals surface area contributed by atoms with E-state index >= 15 is 0 Å². The molecule has 0 radical (unpaired) electrons. The van der Waals surface area contributed by atoms with Crippen LogP contribution in [0.15, 0.2) is 18.2 Å². The van der Waals surface area contributed by atoms with E-state index in [1.807, 2.05) is 0 Å². The van der Waals surface area contributed by atoms with Crippen molar-refractivity contribution >= 4 is 17.0 Å². The molecule has 3 nitrogen and oxygen atoms in total. The summed E-state index contributed by atoms with van der Waals surface area (Å²) in [6.45, 7) is 3.16. The van der Waals surface area contributed by atoms with Crippen LogP contribution in [-0.4, -0.2) is 9.55 Å². The average molecular weight is 255 g/mol. The van der Waals surface area contributed by atoms with Gasteiger partial charge in [-0.05, 0) is 61.6 Å². The molecule has 3 atom stereocenters. The Bertz CT molecular complexity index is 628. The number of hydrogen-bond acceptors (Lipinski definition) is 2. The fourth-order valence-electron chi connectivity index (χ4n) is 4.28. The molecule has 0 saturated heterocycles. The molecule has 0 aliphatic heterocycles. The van der Waals surface area contributed by atoms with Gasteiger partial charge in [0.05, 0.1) is 11.0 Å². The average Bonchev–Trinajstić information content (AvgIpc) is 3.05. The van der Waals surface area contributed by atoms with E-state index in [1.54, 1.807) is 0 Å². The number of imidazole rings is 1. The predicted molar refractivity (Wildman–Crippen MR) is 77.8 cm³/mol. The normalized spacial score (nSPS) is 29.4. The van der Waals surface area contributed by atoms with Gasteiger partial charge in [-0.2, -0.15) is 0 Å². The van der Waals surface area contributed by atoms with E-state index in [0.717, 1.165) is 29.8 Å². The number of aryl methyl sites for hydroxylation is 1. The lowest BCUT2D eigenvalue weighted by Gasteiger charge is -2.22.